The van der Waals surface area contributed by atoms with Gasteiger partial charge in [-0.25, -0.2) is 5.43 Å². The molecule has 0 spiro atoms. The number of anilines is 1. The molecule has 0 unspecified atom stereocenters. The van der Waals surface area contributed by atoms with Crippen LogP contribution in [0.4, 0.5) is 5.69 Å². The fourth-order valence-electron chi connectivity index (χ4n) is 3.05. The highest BCUT2D eigenvalue weighted by Crippen LogP contribution is 2.26. The minimum atomic E-state index is -0.0804. The van der Waals surface area contributed by atoms with E-state index in [9.17, 15) is 4.79 Å². The van der Waals surface area contributed by atoms with Gasteiger partial charge in [-0.05, 0) is 30.0 Å². The lowest BCUT2D eigenvalue weighted by atomic mass is 10.0. The van der Waals surface area contributed by atoms with Gasteiger partial charge < -0.3 is 4.90 Å². The van der Waals surface area contributed by atoms with Gasteiger partial charge in [-0.2, -0.15) is 5.10 Å². The Morgan fingerprint density at radius 2 is 1.96 bits per heavy atom. The van der Waals surface area contributed by atoms with Gasteiger partial charge in [0.1, 0.15) is 0 Å². The molecule has 2 aromatic rings. The van der Waals surface area contributed by atoms with Crippen molar-refractivity contribution in [3.05, 3.63) is 65.7 Å². The van der Waals surface area contributed by atoms with Crippen LogP contribution in [0, 0.1) is 0 Å². The first kappa shape index (κ1) is 16.2. The van der Waals surface area contributed by atoms with Crippen molar-refractivity contribution in [2.75, 3.05) is 18.0 Å². The molecule has 4 nitrogen and oxygen atoms in total. The van der Waals surface area contributed by atoms with Crippen LogP contribution in [-0.4, -0.2) is 25.2 Å². The largest absolute Gasteiger partial charge is 0.362 e. The predicted molar refractivity (Wildman–Crippen MR) is 98.5 cm³/mol. The Morgan fingerprint density at radius 3 is 2.79 bits per heavy atom. The van der Waals surface area contributed by atoms with Crippen molar-refractivity contribution in [2.24, 2.45) is 5.10 Å². The Balaban J connectivity index is 1.54. The van der Waals surface area contributed by atoms with Crippen LogP contribution in [0.3, 0.4) is 0 Å². The van der Waals surface area contributed by atoms with Gasteiger partial charge in [-0.3, -0.25) is 4.79 Å². The number of hydrogen-bond donors (Lipinski definition) is 1. The smallest absolute Gasteiger partial charge is 0.259 e. The number of carbonyl (C=O) groups excluding carboxylic acids is 1. The van der Waals surface area contributed by atoms with Gasteiger partial charge in [-0.15, -0.1) is 0 Å². The second-order valence-electron chi connectivity index (χ2n) is 6.17. The predicted octanol–water partition coefficient (Wildman–Crippen LogP) is 3.34. The van der Waals surface area contributed by atoms with E-state index in [1.54, 1.807) is 6.21 Å². The molecule has 0 saturated carbocycles. The van der Waals surface area contributed by atoms with Crippen molar-refractivity contribution in [1.82, 2.24) is 5.43 Å². The number of fused-ring (bicyclic) bond motifs is 1. The minimum absolute atomic E-state index is 0.0804. The molecule has 24 heavy (non-hydrogen) atoms. The van der Waals surface area contributed by atoms with E-state index in [1.165, 1.54) is 16.8 Å². The SMILES string of the molecule is C[C@@H](/C=N\NC(=O)CN1CCCc2ccccc21)c1ccccc1. The molecule has 0 bridgehead atoms. The molecule has 1 atom stereocenters. The molecule has 2 aromatic carbocycles. The topological polar surface area (TPSA) is 44.7 Å². The number of carbonyl (C=O) groups is 1. The minimum Gasteiger partial charge on any atom is -0.362 e. The molecular weight excluding hydrogens is 298 g/mol. The molecule has 0 radical (unpaired) electrons. The van der Waals surface area contributed by atoms with Crippen LogP contribution in [0.5, 0.6) is 0 Å². The molecular formula is C20H23N3O. The molecule has 124 valence electrons. The summed E-state index contributed by atoms with van der Waals surface area (Å²) in [4.78, 5) is 14.3. The van der Waals surface area contributed by atoms with Gasteiger partial charge >= 0.3 is 0 Å². The van der Waals surface area contributed by atoms with E-state index in [4.69, 9.17) is 0 Å². The fraction of sp³-hybridized carbons (Fsp3) is 0.300. The van der Waals surface area contributed by atoms with E-state index >= 15 is 0 Å². The maximum Gasteiger partial charge on any atom is 0.259 e. The number of hydrogen-bond acceptors (Lipinski definition) is 3. The number of nitrogens with zero attached hydrogens (tertiary/aromatic N) is 2. The lowest BCUT2D eigenvalue weighted by Crippen LogP contribution is -2.38. The lowest BCUT2D eigenvalue weighted by Gasteiger charge is -2.30. The summed E-state index contributed by atoms with van der Waals surface area (Å²) in [5, 5.41) is 4.12. The third-order valence-electron chi connectivity index (χ3n) is 4.35. The first-order valence-electron chi connectivity index (χ1n) is 8.44. The van der Waals surface area contributed by atoms with E-state index in [2.05, 4.69) is 52.7 Å². The van der Waals surface area contributed by atoms with Crippen LogP contribution in [-0.2, 0) is 11.2 Å². The van der Waals surface area contributed by atoms with E-state index in [1.807, 2.05) is 24.3 Å². The normalized spacial score (nSPS) is 15.1. The van der Waals surface area contributed by atoms with Crippen LogP contribution in [0.1, 0.15) is 30.4 Å². The van der Waals surface area contributed by atoms with E-state index in [-0.39, 0.29) is 11.8 Å². The zero-order valence-electron chi connectivity index (χ0n) is 14.0. The molecule has 1 aliphatic rings. The molecule has 1 aliphatic heterocycles. The van der Waals surface area contributed by atoms with Crippen molar-refractivity contribution in [3.8, 4) is 0 Å². The molecule has 0 aromatic heterocycles. The number of rotatable bonds is 5. The van der Waals surface area contributed by atoms with Crippen molar-refractivity contribution in [2.45, 2.75) is 25.7 Å². The van der Waals surface area contributed by atoms with Gasteiger partial charge in [0, 0.05) is 24.4 Å². The van der Waals surface area contributed by atoms with Crippen LogP contribution >= 0.6 is 0 Å². The zero-order chi connectivity index (χ0) is 16.8. The number of benzene rings is 2. The molecule has 0 fully saturated rings. The summed E-state index contributed by atoms with van der Waals surface area (Å²) in [6, 6.07) is 18.4. The Kier molecular flexibility index (Phi) is 5.26. The van der Waals surface area contributed by atoms with E-state index < -0.39 is 0 Å². The monoisotopic (exact) mass is 321 g/mol. The summed E-state index contributed by atoms with van der Waals surface area (Å²) in [7, 11) is 0. The van der Waals surface area contributed by atoms with Crippen LogP contribution < -0.4 is 10.3 Å². The number of aryl methyl sites for hydroxylation is 1. The van der Waals surface area contributed by atoms with Gasteiger partial charge in [-0.1, -0.05) is 55.5 Å². The molecule has 0 saturated heterocycles. The summed E-state index contributed by atoms with van der Waals surface area (Å²) >= 11 is 0. The highest BCUT2D eigenvalue weighted by Gasteiger charge is 2.18. The quantitative estimate of drug-likeness (QED) is 0.678. The molecule has 1 N–H and O–H groups in total. The van der Waals surface area contributed by atoms with Crippen molar-refractivity contribution < 1.29 is 4.79 Å². The van der Waals surface area contributed by atoms with Crippen LogP contribution in [0.2, 0.25) is 0 Å². The molecule has 1 heterocycles. The molecule has 1 amide bonds. The number of para-hydroxylation sites is 1. The zero-order valence-corrected chi connectivity index (χ0v) is 14.0. The highest BCUT2D eigenvalue weighted by molar-refractivity contribution is 5.82. The van der Waals surface area contributed by atoms with E-state index in [0.29, 0.717) is 6.54 Å². The van der Waals surface area contributed by atoms with Crippen molar-refractivity contribution >= 4 is 17.8 Å². The summed E-state index contributed by atoms with van der Waals surface area (Å²) in [6.07, 6.45) is 3.94. The van der Waals surface area contributed by atoms with Crippen molar-refractivity contribution in [1.29, 1.82) is 0 Å². The van der Waals surface area contributed by atoms with Gasteiger partial charge in [0.25, 0.3) is 5.91 Å². The third kappa shape index (κ3) is 4.02. The Hall–Kier alpha value is -2.62. The average molecular weight is 321 g/mol. The summed E-state index contributed by atoms with van der Waals surface area (Å²) in [5.41, 5.74) is 6.32. The fourth-order valence-corrected chi connectivity index (χ4v) is 3.05. The highest BCUT2D eigenvalue weighted by atomic mass is 16.2. The third-order valence-corrected chi connectivity index (χ3v) is 4.35. The average Bonchev–Trinajstić information content (AvgIpc) is 2.63. The second-order valence-corrected chi connectivity index (χ2v) is 6.17. The number of nitrogens with one attached hydrogen (secondary N) is 1. The lowest BCUT2D eigenvalue weighted by molar-refractivity contribution is -0.119. The summed E-state index contributed by atoms with van der Waals surface area (Å²) in [5.74, 6) is 0.0884. The Bertz CT molecular complexity index is 712. The molecule has 3 rings (SSSR count). The first-order valence-corrected chi connectivity index (χ1v) is 8.44. The van der Waals surface area contributed by atoms with Gasteiger partial charge in [0.05, 0.1) is 6.54 Å². The molecule has 0 aliphatic carbocycles. The van der Waals surface area contributed by atoms with Gasteiger partial charge in [0.2, 0.25) is 0 Å². The van der Waals surface area contributed by atoms with Crippen LogP contribution in [0.15, 0.2) is 59.7 Å². The van der Waals surface area contributed by atoms with E-state index in [0.717, 1.165) is 19.4 Å². The maximum atomic E-state index is 12.2. The summed E-state index contributed by atoms with van der Waals surface area (Å²) in [6.45, 7) is 3.31. The number of hydrazone groups is 1. The number of amides is 1. The Labute approximate surface area is 143 Å². The van der Waals surface area contributed by atoms with Crippen molar-refractivity contribution in [3.63, 3.8) is 0 Å². The van der Waals surface area contributed by atoms with Crippen LogP contribution in [0.25, 0.3) is 0 Å². The first-order chi connectivity index (χ1) is 11.7. The standard InChI is InChI=1S/C20H23N3O/c1-16(17-8-3-2-4-9-17)14-21-22-20(24)15-23-13-7-11-18-10-5-6-12-19(18)23/h2-6,8-10,12,14,16H,7,11,13,15H2,1H3,(H,22,24)/b21-14-/t16-/m0/s1. The Morgan fingerprint density at radius 1 is 1.21 bits per heavy atom. The van der Waals surface area contributed by atoms with Gasteiger partial charge in [0.15, 0.2) is 0 Å². The maximum absolute atomic E-state index is 12.2. The second kappa shape index (κ2) is 7.77. The summed E-state index contributed by atoms with van der Waals surface area (Å²) < 4.78 is 0. The molecule has 4 heteroatoms.